The van der Waals surface area contributed by atoms with Crippen molar-refractivity contribution in [3.8, 4) is 33.8 Å². The first-order chi connectivity index (χ1) is 31.4. The van der Waals surface area contributed by atoms with Crippen molar-refractivity contribution in [2.24, 2.45) is 0 Å². The molecule has 0 fully saturated rings. The van der Waals surface area contributed by atoms with Crippen LogP contribution in [0.25, 0.3) is 22.3 Å². The van der Waals surface area contributed by atoms with E-state index in [-0.39, 0.29) is 18.2 Å². The van der Waals surface area contributed by atoms with Gasteiger partial charge >= 0.3 is 11.9 Å². The fraction of sp³-hybridized carbons (Fsp3) is 0.500. The third-order valence-electron chi connectivity index (χ3n) is 11.3. The molecule has 0 N–H and O–H groups in total. The Morgan fingerprint density at radius 3 is 1.14 bits per heavy atom. The molecule has 4 aromatic carbocycles. The Hall–Kier alpha value is -4.92. The van der Waals surface area contributed by atoms with E-state index >= 15 is 0 Å². The van der Waals surface area contributed by atoms with Crippen LogP contribution in [0.15, 0.2) is 109 Å². The summed E-state index contributed by atoms with van der Waals surface area (Å²) in [6.07, 6.45) is 22.5. The van der Waals surface area contributed by atoms with E-state index in [0.29, 0.717) is 37.6 Å². The standard InChI is InChI=1S/C56H76O8/c1-5-59-54(57)49-31-27-45(28-32-49)47-35-39-52(40-36-47)63-43-23-19-15-11-9-10-13-17-21-25-51(56(61-7-3)62-8-4)26-22-18-14-12-16-20-24-44-64-53-41-37-48(38-42-53)46-29-33-50(34-30-46)55(58)60-6-2/h25,27-42,56H,5-24,26,43-44H2,1-4H3. The maximum atomic E-state index is 11.9. The van der Waals surface area contributed by atoms with Crippen LogP contribution in [0.2, 0.25) is 0 Å². The summed E-state index contributed by atoms with van der Waals surface area (Å²) >= 11 is 0. The van der Waals surface area contributed by atoms with E-state index in [1.807, 2.05) is 100 Å². The quantitative estimate of drug-likeness (QED) is 0.0198. The molecular weight excluding hydrogens is 801 g/mol. The molecule has 0 aliphatic carbocycles. The van der Waals surface area contributed by atoms with Crippen molar-refractivity contribution in [3.63, 3.8) is 0 Å². The van der Waals surface area contributed by atoms with Crippen molar-refractivity contribution in [2.75, 3.05) is 39.6 Å². The highest BCUT2D eigenvalue weighted by molar-refractivity contribution is 5.90. The monoisotopic (exact) mass is 877 g/mol. The minimum absolute atomic E-state index is 0.220. The first kappa shape index (κ1) is 51.7. The van der Waals surface area contributed by atoms with Gasteiger partial charge in [-0.25, -0.2) is 9.59 Å². The lowest BCUT2D eigenvalue weighted by Crippen LogP contribution is -2.20. The number of hydrogen-bond acceptors (Lipinski definition) is 8. The van der Waals surface area contributed by atoms with E-state index in [9.17, 15) is 9.59 Å². The highest BCUT2D eigenvalue weighted by atomic mass is 16.7. The smallest absolute Gasteiger partial charge is 0.338 e. The lowest BCUT2D eigenvalue weighted by Gasteiger charge is -2.21. The Morgan fingerprint density at radius 2 is 0.766 bits per heavy atom. The Bertz CT molecular complexity index is 1860. The third-order valence-corrected chi connectivity index (χ3v) is 11.3. The average molecular weight is 877 g/mol. The van der Waals surface area contributed by atoms with Crippen molar-refractivity contribution in [2.45, 2.75) is 143 Å². The zero-order valence-electron chi connectivity index (χ0n) is 39.4. The zero-order valence-corrected chi connectivity index (χ0v) is 39.4. The minimum atomic E-state index is -0.292. The molecule has 0 amide bonds. The number of rotatable bonds is 34. The van der Waals surface area contributed by atoms with E-state index in [1.54, 1.807) is 0 Å². The summed E-state index contributed by atoms with van der Waals surface area (Å²) in [5.74, 6) is 1.20. The van der Waals surface area contributed by atoms with Gasteiger partial charge in [0.05, 0.1) is 37.6 Å². The molecule has 348 valence electrons. The molecule has 0 unspecified atom stereocenters. The molecule has 0 aliphatic heterocycles. The molecule has 0 heterocycles. The second-order valence-electron chi connectivity index (χ2n) is 16.2. The van der Waals surface area contributed by atoms with Crippen LogP contribution in [0.4, 0.5) is 0 Å². The first-order valence-corrected chi connectivity index (χ1v) is 24.4. The van der Waals surface area contributed by atoms with Crippen LogP contribution in [0, 0.1) is 0 Å². The summed E-state index contributed by atoms with van der Waals surface area (Å²) in [5.41, 5.74) is 6.74. The highest BCUT2D eigenvalue weighted by Gasteiger charge is 2.14. The van der Waals surface area contributed by atoms with Gasteiger partial charge in [0.2, 0.25) is 0 Å². The van der Waals surface area contributed by atoms with Crippen LogP contribution in [-0.4, -0.2) is 57.9 Å². The van der Waals surface area contributed by atoms with Gasteiger partial charge in [-0.2, -0.15) is 0 Å². The molecule has 0 saturated heterocycles. The summed E-state index contributed by atoms with van der Waals surface area (Å²) in [7, 11) is 0. The van der Waals surface area contributed by atoms with Crippen molar-refractivity contribution >= 4 is 11.9 Å². The summed E-state index contributed by atoms with van der Waals surface area (Å²) < 4.78 is 34.2. The molecule has 8 nitrogen and oxygen atoms in total. The Balaban J connectivity index is 1.000. The molecule has 4 aromatic rings. The van der Waals surface area contributed by atoms with Crippen LogP contribution >= 0.6 is 0 Å². The van der Waals surface area contributed by atoms with Crippen LogP contribution in [0.5, 0.6) is 11.5 Å². The van der Waals surface area contributed by atoms with E-state index in [4.69, 9.17) is 28.4 Å². The SMILES string of the molecule is CCOC(=O)c1ccc(-c2ccc(OCCCCCCCCCCC=C(CCCCCCCCCOc3ccc(-c4ccc(C(=O)OCC)cc4)cc3)C(OCC)OCC)cc2)cc1. The summed E-state index contributed by atoms with van der Waals surface area (Å²) in [4.78, 5) is 23.8. The second-order valence-corrected chi connectivity index (χ2v) is 16.2. The maximum absolute atomic E-state index is 11.9. The highest BCUT2D eigenvalue weighted by Crippen LogP contribution is 2.26. The summed E-state index contributed by atoms with van der Waals surface area (Å²) in [6.45, 7) is 11.2. The van der Waals surface area contributed by atoms with E-state index in [0.717, 1.165) is 72.6 Å². The van der Waals surface area contributed by atoms with Gasteiger partial charge in [-0.3, -0.25) is 0 Å². The zero-order chi connectivity index (χ0) is 45.5. The predicted octanol–water partition coefficient (Wildman–Crippen LogP) is 14.8. The largest absolute Gasteiger partial charge is 0.494 e. The van der Waals surface area contributed by atoms with Crippen LogP contribution < -0.4 is 9.47 Å². The van der Waals surface area contributed by atoms with Crippen molar-refractivity contribution < 1.29 is 38.0 Å². The van der Waals surface area contributed by atoms with Gasteiger partial charge < -0.3 is 28.4 Å². The molecule has 64 heavy (non-hydrogen) atoms. The molecule has 0 bridgehead atoms. The first-order valence-electron chi connectivity index (χ1n) is 24.4. The molecule has 8 heteroatoms. The van der Waals surface area contributed by atoms with Crippen molar-refractivity contribution in [1.82, 2.24) is 0 Å². The summed E-state index contributed by atoms with van der Waals surface area (Å²) in [5, 5.41) is 0. The number of hydrogen-bond donors (Lipinski definition) is 0. The predicted molar refractivity (Wildman–Crippen MR) is 260 cm³/mol. The number of benzene rings is 4. The van der Waals surface area contributed by atoms with Crippen molar-refractivity contribution in [1.29, 1.82) is 0 Å². The van der Waals surface area contributed by atoms with E-state index in [1.165, 1.54) is 89.0 Å². The number of allylic oxidation sites excluding steroid dienone is 1. The van der Waals surface area contributed by atoms with Gasteiger partial charge in [0.15, 0.2) is 6.29 Å². The van der Waals surface area contributed by atoms with Gasteiger partial charge in [0.1, 0.15) is 11.5 Å². The lowest BCUT2D eigenvalue weighted by atomic mass is 10.0. The molecule has 0 radical (unpaired) electrons. The fourth-order valence-electron chi connectivity index (χ4n) is 7.68. The maximum Gasteiger partial charge on any atom is 0.338 e. The number of unbranched alkanes of at least 4 members (excludes halogenated alkanes) is 14. The lowest BCUT2D eigenvalue weighted by molar-refractivity contribution is -0.113. The summed E-state index contributed by atoms with van der Waals surface area (Å²) in [6, 6.07) is 31.4. The Morgan fingerprint density at radius 1 is 0.422 bits per heavy atom. The molecule has 0 spiro atoms. The Kier molecular flexibility index (Phi) is 25.7. The van der Waals surface area contributed by atoms with Crippen LogP contribution in [0.3, 0.4) is 0 Å². The molecule has 0 aromatic heterocycles. The third kappa shape index (κ3) is 19.9. The van der Waals surface area contributed by atoms with Crippen LogP contribution in [-0.2, 0) is 18.9 Å². The molecule has 0 aliphatic rings. The number of esters is 2. The molecular formula is C56H76O8. The van der Waals surface area contributed by atoms with Gasteiger partial charge in [-0.1, -0.05) is 125 Å². The number of carbonyl (C=O) groups is 2. The van der Waals surface area contributed by atoms with Crippen LogP contribution in [0.1, 0.15) is 158 Å². The molecule has 0 atom stereocenters. The Labute approximate surface area is 385 Å². The van der Waals surface area contributed by atoms with Gasteiger partial charge in [0, 0.05) is 13.2 Å². The topological polar surface area (TPSA) is 89.5 Å². The average Bonchev–Trinajstić information content (AvgIpc) is 3.32. The minimum Gasteiger partial charge on any atom is -0.494 e. The van der Waals surface area contributed by atoms with Crippen molar-refractivity contribution in [3.05, 3.63) is 120 Å². The number of ether oxygens (including phenoxy) is 6. The normalized spacial score (nSPS) is 11.5. The van der Waals surface area contributed by atoms with Gasteiger partial charge in [-0.15, -0.1) is 0 Å². The van der Waals surface area contributed by atoms with Gasteiger partial charge in [0.25, 0.3) is 0 Å². The molecule has 0 saturated carbocycles. The number of carbonyl (C=O) groups excluding carboxylic acids is 2. The fourth-order valence-corrected chi connectivity index (χ4v) is 7.68. The van der Waals surface area contributed by atoms with E-state index < -0.39 is 0 Å². The second kappa shape index (κ2) is 31.9. The van der Waals surface area contributed by atoms with Gasteiger partial charge in [-0.05, 0) is 143 Å². The molecule has 4 rings (SSSR count). The van der Waals surface area contributed by atoms with E-state index in [2.05, 4.69) is 30.3 Å².